The molecule has 2 heterocycles. The molecule has 1 saturated heterocycles. The molecule has 10 heteroatoms. The van der Waals surface area contributed by atoms with Crippen LogP contribution in [0.4, 0.5) is 10.1 Å². The molecule has 1 fully saturated rings. The maximum absolute atomic E-state index is 15.2. The molecule has 2 amide bonds. The molecule has 0 unspecified atom stereocenters. The molecule has 4 rings (SSSR count). The highest BCUT2D eigenvalue weighted by Gasteiger charge is 2.45. The van der Waals surface area contributed by atoms with E-state index in [-0.39, 0.29) is 23.4 Å². The number of ether oxygens (including phenoxy) is 2. The molecule has 37 heavy (non-hydrogen) atoms. The Morgan fingerprint density at radius 2 is 1.86 bits per heavy atom. The molecule has 8 nitrogen and oxygen atoms in total. The van der Waals surface area contributed by atoms with Gasteiger partial charge in [-0.3, -0.25) is 14.4 Å². The molecule has 0 aliphatic carbocycles. The highest BCUT2D eigenvalue weighted by Crippen LogP contribution is 2.35. The van der Waals surface area contributed by atoms with Crippen molar-refractivity contribution >= 4 is 29.1 Å². The summed E-state index contributed by atoms with van der Waals surface area (Å²) in [5.74, 6) is -2.04. The topological polar surface area (TPSA) is 89.9 Å². The maximum Gasteiger partial charge on any atom is 0.274 e. The van der Waals surface area contributed by atoms with Gasteiger partial charge in [-0.25, -0.2) is 4.39 Å². The fourth-order valence-electron chi connectivity index (χ4n) is 4.48. The molecule has 1 N–H and O–H groups in total. The number of carbonyl (C=O) groups excluding carboxylic acids is 2. The number of benzene rings is 2. The van der Waals surface area contributed by atoms with Crippen molar-refractivity contribution in [2.45, 2.75) is 25.4 Å². The van der Waals surface area contributed by atoms with Crippen molar-refractivity contribution in [2.24, 2.45) is 0 Å². The zero-order valence-electron chi connectivity index (χ0n) is 20.7. The Labute approximate surface area is 218 Å². The molecule has 0 radical (unpaired) electrons. The first kappa shape index (κ1) is 26.4. The molecule has 2 atom stereocenters. The number of aryl methyl sites for hydroxylation is 1. The van der Waals surface area contributed by atoms with Crippen molar-refractivity contribution in [2.75, 3.05) is 32.3 Å². The van der Waals surface area contributed by atoms with Crippen LogP contribution in [0.5, 0.6) is 5.75 Å². The Balaban J connectivity index is 1.75. The van der Waals surface area contributed by atoms with Crippen LogP contribution in [0.25, 0.3) is 0 Å². The zero-order valence-corrected chi connectivity index (χ0v) is 21.4. The third-order valence-electron chi connectivity index (χ3n) is 6.46. The Morgan fingerprint density at radius 1 is 1.14 bits per heavy atom. The number of amides is 2. The zero-order chi connectivity index (χ0) is 26.7. The van der Waals surface area contributed by atoms with Crippen LogP contribution < -0.4 is 20.5 Å². The Morgan fingerprint density at radius 3 is 2.51 bits per heavy atom. The summed E-state index contributed by atoms with van der Waals surface area (Å²) in [5.41, 5.74) is 0.925. The van der Waals surface area contributed by atoms with E-state index in [4.69, 9.17) is 21.1 Å². The van der Waals surface area contributed by atoms with Gasteiger partial charge < -0.3 is 24.3 Å². The second-order valence-electron chi connectivity index (χ2n) is 8.74. The minimum Gasteiger partial charge on any atom is -0.497 e. The molecular weight excluding hydrogens is 501 g/mol. The van der Waals surface area contributed by atoms with Crippen molar-refractivity contribution in [1.82, 2.24) is 9.88 Å². The number of carbonyl (C=O) groups is 2. The first-order valence-electron chi connectivity index (χ1n) is 11.7. The smallest absolute Gasteiger partial charge is 0.274 e. The van der Waals surface area contributed by atoms with Crippen LogP contribution in [-0.2, 0) is 16.1 Å². The number of methoxy groups -OCH3 is 2. The minimum absolute atomic E-state index is 0.00197. The van der Waals surface area contributed by atoms with Crippen LogP contribution >= 0.6 is 11.6 Å². The van der Waals surface area contributed by atoms with Gasteiger partial charge >= 0.3 is 0 Å². The van der Waals surface area contributed by atoms with Gasteiger partial charge in [-0.15, -0.1) is 0 Å². The second kappa shape index (κ2) is 11.1. The molecule has 0 saturated carbocycles. The third kappa shape index (κ3) is 5.38. The van der Waals surface area contributed by atoms with Gasteiger partial charge in [0.1, 0.15) is 23.3 Å². The summed E-state index contributed by atoms with van der Waals surface area (Å²) >= 11 is 5.93. The fourth-order valence-corrected chi connectivity index (χ4v) is 4.61. The molecule has 3 aromatic rings. The van der Waals surface area contributed by atoms with Crippen molar-refractivity contribution < 1.29 is 23.5 Å². The van der Waals surface area contributed by atoms with Crippen LogP contribution in [0, 0.1) is 12.7 Å². The summed E-state index contributed by atoms with van der Waals surface area (Å²) < 4.78 is 26.8. The lowest BCUT2D eigenvalue weighted by Gasteiger charge is -2.20. The fraction of sp³-hybridized carbons (Fsp3) is 0.296. The van der Waals surface area contributed by atoms with Crippen molar-refractivity contribution in [3.8, 4) is 5.75 Å². The Kier molecular flexibility index (Phi) is 7.94. The lowest BCUT2D eigenvalue weighted by molar-refractivity contribution is -0.118. The summed E-state index contributed by atoms with van der Waals surface area (Å²) in [6.45, 7) is 2.35. The maximum atomic E-state index is 15.2. The van der Waals surface area contributed by atoms with Gasteiger partial charge in [0, 0.05) is 49.0 Å². The normalized spacial score (nSPS) is 17.2. The minimum atomic E-state index is -1.11. The van der Waals surface area contributed by atoms with E-state index in [0.717, 1.165) is 0 Å². The number of nitrogens with zero attached hydrogens (tertiary/aromatic N) is 2. The number of aromatic nitrogens is 1. The van der Waals surface area contributed by atoms with E-state index in [0.29, 0.717) is 35.1 Å². The number of pyridine rings is 1. The van der Waals surface area contributed by atoms with Gasteiger partial charge in [0.2, 0.25) is 5.91 Å². The highest BCUT2D eigenvalue weighted by molar-refractivity contribution is 6.30. The van der Waals surface area contributed by atoms with Crippen LogP contribution in [0.15, 0.2) is 59.5 Å². The van der Waals surface area contributed by atoms with Gasteiger partial charge in [0.25, 0.3) is 11.5 Å². The summed E-state index contributed by atoms with van der Waals surface area (Å²) in [5, 5.41) is 3.22. The standard InChI is InChI=1S/C27H27ClFN3O5/c1-16-10-11-31(12-13-36-2)27(35)24(16)32-15-21(20-9-8-19(37-3)14-22(20)29)23(26(32)34)30-25(33)17-4-6-18(28)7-5-17/h4-11,14,21,23H,12-13,15H2,1-3H3,(H,30,33)/t21-,23-/m0/s1. The lowest BCUT2D eigenvalue weighted by Crippen LogP contribution is -2.44. The summed E-state index contributed by atoms with van der Waals surface area (Å²) in [4.78, 5) is 41.5. The molecule has 0 spiro atoms. The van der Waals surface area contributed by atoms with Gasteiger partial charge in [-0.2, -0.15) is 0 Å². The molecule has 0 bridgehead atoms. The van der Waals surface area contributed by atoms with Crippen LogP contribution in [-0.4, -0.2) is 49.8 Å². The third-order valence-corrected chi connectivity index (χ3v) is 6.71. The van der Waals surface area contributed by atoms with Gasteiger partial charge in [0.05, 0.1) is 13.7 Å². The quantitative estimate of drug-likeness (QED) is 0.484. The van der Waals surface area contributed by atoms with Crippen LogP contribution in [0.2, 0.25) is 5.02 Å². The first-order valence-corrected chi connectivity index (χ1v) is 12.0. The summed E-state index contributed by atoms with van der Waals surface area (Å²) in [6, 6.07) is 11.2. The van der Waals surface area contributed by atoms with Gasteiger partial charge in [-0.1, -0.05) is 17.7 Å². The summed E-state index contributed by atoms with van der Waals surface area (Å²) in [6.07, 6.45) is 1.64. The number of hydrogen-bond acceptors (Lipinski definition) is 5. The van der Waals surface area contributed by atoms with E-state index in [1.807, 2.05) is 0 Å². The Hall–Kier alpha value is -3.69. The van der Waals surface area contributed by atoms with E-state index in [1.54, 1.807) is 37.4 Å². The summed E-state index contributed by atoms with van der Waals surface area (Å²) in [7, 11) is 2.96. The number of hydrogen-bond donors (Lipinski definition) is 1. The molecule has 1 aliphatic heterocycles. The van der Waals surface area contributed by atoms with E-state index in [1.165, 1.54) is 48.0 Å². The lowest BCUT2D eigenvalue weighted by atomic mass is 9.93. The van der Waals surface area contributed by atoms with Crippen LogP contribution in [0.3, 0.4) is 0 Å². The molecule has 1 aromatic heterocycles. The molecule has 1 aliphatic rings. The number of rotatable bonds is 8. The predicted molar refractivity (Wildman–Crippen MR) is 138 cm³/mol. The first-order chi connectivity index (χ1) is 17.7. The average Bonchev–Trinajstić information content (AvgIpc) is 3.19. The van der Waals surface area contributed by atoms with E-state index in [9.17, 15) is 14.4 Å². The predicted octanol–water partition coefficient (Wildman–Crippen LogP) is 3.53. The number of nitrogens with one attached hydrogen (secondary N) is 1. The van der Waals surface area contributed by atoms with Crippen LogP contribution in [0.1, 0.15) is 27.4 Å². The molecule has 2 aromatic carbocycles. The molecular formula is C27H27ClFN3O5. The molecule has 194 valence electrons. The monoisotopic (exact) mass is 527 g/mol. The largest absolute Gasteiger partial charge is 0.497 e. The van der Waals surface area contributed by atoms with Gasteiger partial charge in [-0.05, 0) is 54.4 Å². The highest BCUT2D eigenvalue weighted by atomic mass is 35.5. The van der Waals surface area contributed by atoms with Crippen molar-refractivity contribution in [1.29, 1.82) is 0 Å². The van der Waals surface area contributed by atoms with Crippen molar-refractivity contribution in [3.63, 3.8) is 0 Å². The van der Waals surface area contributed by atoms with E-state index in [2.05, 4.69) is 5.32 Å². The van der Waals surface area contributed by atoms with E-state index >= 15 is 4.39 Å². The second-order valence-corrected chi connectivity index (χ2v) is 9.18. The van der Waals surface area contributed by atoms with E-state index < -0.39 is 29.6 Å². The SMILES string of the molecule is COCCn1ccc(C)c(N2C[C@@H](c3ccc(OC)cc3F)[C@H](NC(=O)c3ccc(Cl)cc3)C2=O)c1=O. The van der Waals surface area contributed by atoms with Gasteiger partial charge in [0.15, 0.2) is 0 Å². The number of halogens is 2. The Bertz CT molecular complexity index is 1380. The number of anilines is 1. The van der Waals surface area contributed by atoms with Crippen molar-refractivity contribution in [3.05, 3.63) is 92.6 Å². The average molecular weight is 528 g/mol.